The number of piperidine rings is 1. The van der Waals surface area contributed by atoms with Crippen LogP contribution in [0, 0.1) is 5.92 Å². The van der Waals surface area contributed by atoms with Gasteiger partial charge < -0.3 is 15.4 Å². The van der Waals surface area contributed by atoms with Crippen LogP contribution in [0.5, 0.6) is 0 Å². The molecule has 2 N–H and O–H groups in total. The zero-order valence-electron chi connectivity index (χ0n) is 11.6. The standard InChI is InChI=1S/C15H22N2O2/c1-11-10-17(9-8-13(11)16)15(18)14(19-2)12-6-4-3-5-7-12/h3-7,11,13-14H,8-10,16H2,1-2H3. The first-order chi connectivity index (χ1) is 9.13. The molecule has 104 valence electrons. The normalized spacial score (nSPS) is 25.1. The van der Waals surface area contributed by atoms with E-state index in [0.29, 0.717) is 12.5 Å². The highest BCUT2D eigenvalue weighted by Gasteiger charge is 2.31. The molecule has 0 spiro atoms. The second-order valence-electron chi connectivity index (χ2n) is 5.24. The van der Waals surface area contributed by atoms with Gasteiger partial charge in [-0.3, -0.25) is 4.79 Å². The minimum absolute atomic E-state index is 0.0347. The third kappa shape index (κ3) is 3.14. The van der Waals surface area contributed by atoms with Crippen molar-refractivity contribution in [3.8, 4) is 0 Å². The lowest BCUT2D eigenvalue weighted by molar-refractivity contribution is -0.144. The van der Waals surface area contributed by atoms with Crippen LogP contribution in [-0.4, -0.2) is 37.0 Å². The fraction of sp³-hybridized carbons (Fsp3) is 0.533. The Morgan fingerprint density at radius 2 is 2.11 bits per heavy atom. The van der Waals surface area contributed by atoms with Crippen molar-refractivity contribution in [3.63, 3.8) is 0 Å². The lowest BCUT2D eigenvalue weighted by atomic mass is 9.94. The maximum atomic E-state index is 12.5. The first-order valence-corrected chi connectivity index (χ1v) is 6.75. The van der Waals surface area contributed by atoms with E-state index < -0.39 is 6.10 Å². The molecule has 2 rings (SSSR count). The van der Waals surface area contributed by atoms with Gasteiger partial charge in [0.25, 0.3) is 5.91 Å². The average Bonchev–Trinajstić information content (AvgIpc) is 2.44. The number of ether oxygens (including phenoxy) is 1. The van der Waals surface area contributed by atoms with Crippen LogP contribution >= 0.6 is 0 Å². The van der Waals surface area contributed by atoms with Crippen LogP contribution in [0.4, 0.5) is 0 Å². The van der Waals surface area contributed by atoms with Crippen molar-refractivity contribution in [1.29, 1.82) is 0 Å². The molecule has 1 aliphatic rings. The molecule has 0 saturated carbocycles. The Kier molecular flexibility index (Phi) is 4.56. The topological polar surface area (TPSA) is 55.6 Å². The second-order valence-corrected chi connectivity index (χ2v) is 5.24. The van der Waals surface area contributed by atoms with Crippen LogP contribution in [0.3, 0.4) is 0 Å². The number of carbonyl (C=O) groups is 1. The molecule has 1 aromatic rings. The number of amides is 1. The van der Waals surface area contributed by atoms with E-state index in [4.69, 9.17) is 10.5 Å². The van der Waals surface area contributed by atoms with Crippen LogP contribution in [0.1, 0.15) is 25.0 Å². The number of nitrogens with two attached hydrogens (primary N) is 1. The molecule has 1 aromatic carbocycles. The molecule has 4 nitrogen and oxygen atoms in total. The molecule has 1 aliphatic heterocycles. The smallest absolute Gasteiger partial charge is 0.256 e. The summed E-state index contributed by atoms with van der Waals surface area (Å²) in [6.07, 6.45) is 0.348. The number of carbonyl (C=O) groups excluding carboxylic acids is 1. The Balaban J connectivity index is 2.09. The molecule has 0 bridgehead atoms. The number of hydrogen-bond acceptors (Lipinski definition) is 3. The van der Waals surface area contributed by atoms with E-state index in [2.05, 4.69) is 6.92 Å². The molecule has 1 heterocycles. The number of likely N-dealkylation sites (tertiary alicyclic amines) is 1. The largest absolute Gasteiger partial charge is 0.367 e. The molecule has 1 fully saturated rings. The molecule has 19 heavy (non-hydrogen) atoms. The van der Waals surface area contributed by atoms with E-state index in [0.717, 1.165) is 18.5 Å². The molecule has 3 unspecified atom stereocenters. The lowest BCUT2D eigenvalue weighted by Gasteiger charge is -2.36. The Morgan fingerprint density at radius 3 is 2.68 bits per heavy atom. The summed E-state index contributed by atoms with van der Waals surface area (Å²) in [5.41, 5.74) is 6.89. The van der Waals surface area contributed by atoms with Gasteiger partial charge >= 0.3 is 0 Å². The highest BCUT2D eigenvalue weighted by Crippen LogP contribution is 2.23. The Bertz CT molecular complexity index is 421. The molecule has 1 amide bonds. The monoisotopic (exact) mass is 262 g/mol. The molecule has 4 heteroatoms. The zero-order valence-corrected chi connectivity index (χ0v) is 11.6. The van der Waals surface area contributed by atoms with E-state index in [1.165, 1.54) is 0 Å². The van der Waals surface area contributed by atoms with Gasteiger partial charge in [0, 0.05) is 26.2 Å². The summed E-state index contributed by atoms with van der Waals surface area (Å²) in [6.45, 7) is 3.53. The van der Waals surface area contributed by atoms with Gasteiger partial charge in [0.15, 0.2) is 6.10 Å². The number of hydrogen-bond donors (Lipinski definition) is 1. The van der Waals surface area contributed by atoms with Crippen LogP contribution in [-0.2, 0) is 9.53 Å². The fourth-order valence-electron chi connectivity index (χ4n) is 2.54. The third-order valence-electron chi connectivity index (χ3n) is 3.85. The van der Waals surface area contributed by atoms with Crippen molar-refractivity contribution in [2.75, 3.05) is 20.2 Å². The van der Waals surface area contributed by atoms with Crippen molar-refractivity contribution >= 4 is 5.91 Å². The number of methoxy groups -OCH3 is 1. The first-order valence-electron chi connectivity index (χ1n) is 6.75. The van der Waals surface area contributed by atoms with Crippen molar-refractivity contribution < 1.29 is 9.53 Å². The van der Waals surface area contributed by atoms with E-state index in [1.54, 1.807) is 7.11 Å². The minimum atomic E-state index is -0.511. The predicted molar refractivity (Wildman–Crippen MR) is 74.5 cm³/mol. The summed E-state index contributed by atoms with van der Waals surface area (Å²) in [7, 11) is 1.58. The zero-order chi connectivity index (χ0) is 13.8. The van der Waals surface area contributed by atoms with Gasteiger partial charge in [-0.25, -0.2) is 0 Å². The van der Waals surface area contributed by atoms with E-state index >= 15 is 0 Å². The molecule has 3 atom stereocenters. The van der Waals surface area contributed by atoms with Gasteiger partial charge in [0.2, 0.25) is 0 Å². The highest BCUT2D eigenvalue weighted by molar-refractivity contribution is 5.82. The summed E-state index contributed by atoms with van der Waals surface area (Å²) in [4.78, 5) is 14.4. The highest BCUT2D eigenvalue weighted by atomic mass is 16.5. The van der Waals surface area contributed by atoms with Gasteiger partial charge in [0.1, 0.15) is 0 Å². The third-order valence-corrected chi connectivity index (χ3v) is 3.85. The fourth-order valence-corrected chi connectivity index (χ4v) is 2.54. The summed E-state index contributed by atoms with van der Waals surface area (Å²) in [6, 6.07) is 9.81. The van der Waals surface area contributed by atoms with Crippen molar-refractivity contribution in [3.05, 3.63) is 35.9 Å². The van der Waals surface area contributed by atoms with Crippen LogP contribution in [0.15, 0.2) is 30.3 Å². The summed E-state index contributed by atoms with van der Waals surface area (Å²) >= 11 is 0. The molecule has 0 aromatic heterocycles. The van der Waals surface area contributed by atoms with Gasteiger partial charge in [-0.15, -0.1) is 0 Å². The summed E-state index contributed by atoms with van der Waals surface area (Å²) in [5.74, 6) is 0.374. The van der Waals surface area contributed by atoms with Crippen molar-refractivity contribution in [1.82, 2.24) is 4.90 Å². The van der Waals surface area contributed by atoms with Gasteiger partial charge in [-0.2, -0.15) is 0 Å². The lowest BCUT2D eigenvalue weighted by Crippen LogP contribution is -2.49. The first kappa shape index (κ1) is 14.0. The number of benzene rings is 1. The average molecular weight is 262 g/mol. The molecular weight excluding hydrogens is 240 g/mol. The SMILES string of the molecule is COC(C(=O)N1CCC(N)C(C)C1)c1ccccc1. The molecule has 0 radical (unpaired) electrons. The van der Waals surface area contributed by atoms with Gasteiger partial charge in [0.05, 0.1) is 0 Å². The maximum absolute atomic E-state index is 12.5. The number of nitrogens with zero attached hydrogens (tertiary/aromatic N) is 1. The minimum Gasteiger partial charge on any atom is -0.367 e. The maximum Gasteiger partial charge on any atom is 0.256 e. The Labute approximate surface area is 114 Å². The van der Waals surface area contributed by atoms with E-state index in [9.17, 15) is 4.79 Å². The number of rotatable bonds is 3. The van der Waals surface area contributed by atoms with Crippen LogP contribution < -0.4 is 5.73 Å². The van der Waals surface area contributed by atoms with Crippen molar-refractivity contribution in [2.45, 2.75) is 25.5 Å². The Morgan fingerprint density at radius 1 is 1.42 bits per heavy atom. The van der Waals surface area contributed by atoms with Crippen LogP contribution in [0.25, 0.3) is 0 Å². The van der Waals surface area contributed by atoms with Gasteiger partial charge in [-0.05, 0) is 17.9 Å². The van der Waals surface area contributed by atoms with E-state index in [-0.39, 0.29) is 11.9 Å². The van der Waals surface area contributed by atoms with Crippen LogP contribution in [0.2, 0.25) is 0 Å². The molecular formula is C15H22N2O2. The van der Waals surface area contributed by atoms with E-state index in [1.807, 2.05) is 35.2 Å². The summed E-state index contributed by atoms with van der Waals surface area (Å²) < 4.78 is 5.39. The second kappa shape index (κ2) is 6.17. The summed E-state index contributed by atoms with van der Waals surface area (Å²) in [5, 5.41) is 0. The predicted octanol–water partition coefficient (Wildman–Crippen LogP) is 1.57. The van der Waals surface area contributed by atoms with Crippen molar-refractivity contribution in [2.24, 2.45) is 11.7 Å². The van der Waals surface area contributed by atoms with Gasteiger partial charge in [-0.1, -0.05) is 37.3 Å². The molecule has 0 aliphatic carbocycles. The molecule has 1 saturated heterocycles. The quantitative estimate of drug-likeness (QED) is 0.899. The Hall–Kier alpha value is -1.39.